The number of likely N-dealkylation sites (tertiary alicyclic amines) is 1. The van der Waals surface area contributed by atoms with Gasteiger partial charge in [-0.15, -0.1) is 0 Å². The molecule has 0 radical (unpaired) electrons. The summed E-state index contributed by atoms with van der Waals surface area (Å²) < 4.78 is 5.61. The van der Waals surface area contributed by atoms with E-state index >= 15 is 0 Å². The van der Waals surface area contributed by atoms with Gasteiger partial charge < -0.3 is 15.0 Å². The van der Waals surface area contributed by atoms with Gasteiger partial charge in [0.1, 0.15) is 12.2 Å². The van der Waals surface area contributed by atoms with Crippen LogP contribution in [0.15, 0.2) is 24.3 Å². The molecule has 0 bridgehead atoms. The minimum atomic E-state index is -0.150. The molecule has 1 saturated heterocycles. The number of nitriles is 1. The first-order valence-corrected chi connectivity index (χ1v) is 8.28. The van der Waals surface area contributed by atoms with Gasteiger partial charge in [-0.05, 0) is 30.9 Å². The van der Waals surface area contributed by atoms with Crippen LogP contribution in [0.1, 0.15) is 31.7 Å². The average molecular weight is 329 g/mol. The molecule has 1 heterocycles. The number of hydrogen-bond donors (Lipinski definition) is 1. The zero-order valence-corrected chi connectivity index (χ0v) is 14.0. The predicted molar refractivity (Wildman–Crippen MR) is 89.3 cm³/mol. The Morgan fingerprint density at radius 2 is 2.04 bits per heavy atom. The third kappa shape index (κ3) is 4.98. The third-order valence-corrected chi connectivity index (χ3v) is 4.16. The summed E-state index contributed by atoms with van der Waals surface area (Å²) in [6.45, 7) is 3.18. The van der Waals surface area contributed by atoms with E-state index in [0.29, 0.717) is 25.9 Å². The van der Waals surface area contributed by atoms with Crippen molar-refractivity contribution in [3.63, 3.8) is 0 Å². The van der Waals surface area contributed by atoms with Gasteiger partial charge in [0.2, 0.25) is 5.91 Å². The smallest absolute Gasteiger partial charge is 0.258 e. The molecule has 6 nitrogen and oxygen atoms in total. The van der Waals surface area contributed by atoms with Crippen LogP contribution in [-0.2, 0) is 16.0 Å². The number of nitrogens with zero attached hydrogens (tertiary/aromatic N) is 2. The highest BCUT2D eigenvalue weighted by Crippen LogP contribution is 2.18. The maximum atomic E-state index is 12.0. The Bertz CT molecular complexity index is 616. The Hall–Kier alpha value is -2.55. The summed E-state index contributed by atoms with van der Waals surface area (Å²) in [5.41, 5.74) is 1.08. The summed E-state index contributed by atoms with van der Waals surface area (Å²) in [4.78, 5) is 25.4. The molecule has 1 fully saturated rings. The molecule has 1 aromatic rings. The van der Waals surface area contributed by atoms with E-state index in [1.165, 1.54) is 0 Å². The minimum absolute atomic E-state index is 0.00933. The first-order chi connectivity index (χ1) is 11.6. The zero-order chi connectivity index (χ0) is 17.4. The van der Waals surface area contributed by atoms with Crippen LogP contribution in [0, 0.1) is 11.3 Å². The van der Waals surface area contributed by atoms with Gasteiger partial charge in [0.25, 0.3) is 5.91 Å². The van der Waals surface area contributed by atoms with Crippen LogP contribution in [0.2, 0.25) is 0 Å². The molecule has 24 heavy (non-hydrogen) atoms. The number of aryl methyl sites for hydroxylation is 1. The van der Waals surface area contributed by atoms with Crippen molar-refractivity contribution >= 4 is 11.8 Å². The maximum Gasteiger partial charge on any atom is 0.258 e. The number of hydrogen-bond acceptors (Lipinski definition) is 4. The predicted octanol–water partition coefficient (Wildman–Crippen LogP) is 1.65. The summed E-state index contributed by atoms with van der Waals surface area (Å²) >= 11 is 0. The van der Waals surface area contributed by atoms with Crippen molar-refractivity contribution in [2.24, 2.45) is 0 Å². The van der Waals surface area contributed by atoms with E-state index < -0.39 is 0 Å². The van der Waals surface area contributed by atoms with Crippen LogP contribution >= 0.6 is 0 Å². The van der Waals surface area contributed by atoms with Crippen molar-refractivity contribution in [2.75, 3.05) is 19.7 Å². The van der Waals surface area contributed by atoms with Crippen LogP contribution in [0.25, 0.3) is 0 Å². The molecule has 1 aromatic carbocycles. The minimum Gasteiger partial charge on any atom is -0.483 e. The van der Waals surface area contributed by atoms with Crippen LogP contribution in [-0.4, -0.2) is 42.5 Å². The monoisotopic (exact) mass is 329 g/mol. The van der Waals surface area contributed by atoms with E-state index in [9.17, 15) is 9.59 Å². The fraction of sp³-hybridized carbons (Fsp3) is 0.500. The lowest BCUT2D eigenvalue weighted by Crippen LogP contribution is -2.47. The summed E-state index contributed by atoms with van der Waals surface area (Å²) in [6.07, 6.45) is 2.18. The molecule has 2 rings (SSSR count). The molecule has 0 unspecified atom stereocenters. The summed E-state index contributed by atoms with van der Waals surface area (Å²) in [5.74, 6) is 0.455. The number of carbonyl (C=O) groups excluding carboxylic acids is 2. The highest BCUT2D eigenvalue weighted by Gasteiger charge is 2.23. The van der Waals surface area contributed by atoms with Gasteiger partial charge in [0.05, 0.1) is 6.07 Å². The van der Waals surface area contributed by atoms with Crippen molar-refractivity contribution < 1.29 is 14.3 Å². The molecule has 1 aliphatic heterocycles. The molecule has 0 spiro atoms. The van der Waals surface area contributed by atoms with E-state index in [0.717, 1.165) is 17.7 Å². The molecule has 0 atom stereocenters. The van der Waals surface area contributed by atoms with Crippen LogP contribution in [0.5, 0.6) is 5.75 Å². The van der Waals surface area contributed by atoms with Gasteiger partial charge in [0, 0.05) is 19.1 Å². The number of para-hydroxylation sites is 1. The standard InChI is InChI=1S/C18H23N3O3/c1-2-14-5-3-4-6-16(14)24-13-17(22)20-15-8-11-21(12-9-15)18(23)7-10-19/h3-6,15H,2,7-9,11-13H2,1H3,(H,20,22). The van der Waals surface area contributed by atoms with Crippen LogP contribution in [0.4, 0.5) is 0 Å². The van der Waals surface area contributed by atoms with Crippen molar-refractivity contribution in [3.8, 4) is 11.8 Å². The first kappa shape index (κ1) is 17.8. The van der Waals surface area contributed by atoms with E-state index in [4.69, 9.17) is 10.00 Å². The Kier molecular flexibility index (Phi) is 6.62. The SMILES string of the molecule is CCc1ccccc1OCC(=O)NC1CCN(C(=O)CC#N)CC1. The molecule has 0 saturated carbocycles. The van der Waals surface area contributed by atoms with E-state index in [-0.39, 0.29) is 30.9 Å². The molecule has 1 aliphatic rings. The van der Waals surface area contributed by atoms with Gasteiger partial charge in [0.15, 0.2) is 6.61 Å². The topological polar surface area (TPSA) is 82.4 Å². The Balaban J connectivity index is 1.74. The molecule has 0 aliphatic carbocycles. The van der Waals surface area contributed by atoms with Gasteiger partial charge in [-0.25, -0.2) is 0 Å². The van der Waals surface area contributed by atoms with Gasteiger partial charge in [-0.3, -0.25) is 9.59 Å². The van der Waals surface area contributed by atoms with Crippen molar-refractivity contribution in [3.05, 3.63) is 29.8 Å². The summed E-state index contributed by atoms with van der Waals surface area (Å²) in [6, 6.07) is 9.62. The second kappa shape index (κ2) is 8.92. The fourth-order valence-electron chi connectivity index (χ4n) is 2.80. The largest absolute Gasteiger partial charge is 0.483 e. The number of rotatable bonds is 6. The third-order valence-electron chi connectivity index (χ3n) is 4.16. The number of nitrogens with one attached hydrogen (secondary N) is 1. The lowest BCUT2D eigenvalue weighted by atomic mass is 10.0. The molecule has 6 heteroatoms. The van der Waals surface area contributed by atoms with Gasteiger partial charge in [-0.2, -0.15) is 5.26 Å². The van der Waals surface area contributed by atoms with E-state index in [1.54, 1.807) is 4.90 Å². The molecular formula is C18H23N3O3. The molecule has 2 amide bonds. The first-order valence-electron chi connectivity index (χ1n) is 8.28. The number of amides is 2. The average Bonchev–Trinajstić information content (AvgIpc) is 2.61. The summed E-state index contributed by atoms with van der Waals surface area (Å²) in [5, 5.41) is 11.5. The van der Waals surface area contributed by atoms with Gasteiger partial charge in [-0.1, -0.05) is 25.1 Å². The maximum absolute atomic E-state index is 12.0. The zero-order valence-electron chi connectivity index (χ0n) is 14.0. The van der Waals surface area contributed by atoms with E-state index in [1.807, 2.05) is 37.3 Å². The summed E-state index contributed by atoms with van der Waals surface area (Å²) in [7, 11) is 0. The Morgan fingerprint density at radius 1 is 1.33 bits per heavy atom. The molecule has 1 N–H and O–H groups in total. The Morgan fingerprint density at radius 3 is 2.71 bits per heavy atom. The second-order valence-electron chi connectivity index (χ2n) is 5.81. The lowest BCUT2D eigenvalue weighted by Gasteiger charge is -2.32. The molecular weight excluding hydrogens is 306 g/mol. The quantitative estimate of drug-likeness (QED) is 0.860. The normalized spacial score (nSPS) is 14.8. The Labute approximate surface area is 142 Å². The molecule has 128 valence electrons. The molecule has 0 aromatic heterocycles. The highest BCUT2D eigenvalue weighted by atomic mass is 16.5. The fourth-order valence-corrected chi connectivity index (χ4v) is 2.80. The number of ether oxygens (including phenoxy) is 1. The van der Waals surface area contributed by atoms with Crippen molar-refractivity contribution in [1.29, 1.82) is 5.26 Å². The van der Waals surface area contributed by atoms with Crippen molar-refractivity contribution in [1.82, 2.24) is 10.2 Å². The van der Waals surface area contributed by atoms with Crippen LogP contribution < -0.4 is 10.1 Å². The van der Waals surface area contributed by atoms with Gasteiger partial charge >= 0.3 is 0 Å². The van der Waals surface area contributed by atoms with Crippen molar-refractivity contribution in [2.45, 2.75) is 38.6 Å². The number of carbonyl (C=O) groups is 2. The highest BCUT2D eigenvalue weighted by molar-refractivity contribution is 5.79. The second-order valence-corrected chi connectivity index (χ2v) is 5.81. The number of piperidine rings is 1. The van der Waals surface area contributed by atoms with Crippen LogP contribution in [0.3, 0.4) is 0 Å². The lowest BCUT2D eigenvalue weighted by molar-refractivity contribution is -0.131. The van der Waals surface area contributed by atoms with E-state index in [2.05, 4.69) is 5.32 Å². The number of benzene rings is 1.